The van der Waals surface area contributed by atoms with Gasteiger partial charge in [0.15, 0.2) is 11.5 Å². The van der Waals surface area contributed by atoms with Gasteiger partial charge in [0.25, 0.3) is 5.69 Å². The van der Waals surface area contributed by atoms with Crippen molar-refractivity contribution in [2.75, 3.05) is 0 Å². The van der Waals surface area contributed by atoms with E-state index in [9.17, 15) is 14.9 Å². The van der Waals surface area contributed by atoms with Crippen LogP contribution in [0.25, 0.3) is 0 Å². The molecule has 4 rings (SSSR count). The van der Waals surface area contributed by atoms with Crippen molar-refractivity contribution in [3.63, 3.8) is 0 Å². The molecular weight excluding hydrogens is 478 g/mol. The predicted octanol–water partition coefficient (Wildman–Crippen LogP) is 7.33. The smallest absolute Gasteiger partial charge is 0.269 e. The molecule has 0 saturated carbocycles. The third kappa shape index (κ3) is 6.54. The number of aromatic nitrogens is 1. The van der Waals surface area contributed by atoms with E-state index in [0.717, 1.165) is 28.9 Å². The van der Waals surface area contributed by atoms with E-state index in [1.807, 2.05) is 43.3 Å². The fourth-order valence-corrected chi connectivity index (χ4v) is 4.72. The Labute approximate surface area is 223 Å². The zero-order valence-electron chi connectivity index (χ0n) is 22.3. The van der Waals surface area contributed by atoms with E-state index in [-0.39, 0.29) is 23.8 Å². The molecule has 1 heterocycles. The number of nitrogens with zero attached hydrogens (tertiary/aromatic N) is 3. The first kappa shape index (κ1) is 26.8. The highest BCUT2D eigenvalue weighted by molar-refractivity contribution is 5.99. The van der Waals surface area contributed by atoms with Gasteiger partial charge >= 0.3 is 0 Å². The molecule has 0 atom stereocenters. The second-order valence-corrected chi connectivity index (χ2v) is 10.1. The summed E-state index contributed by atoms with van der Waals surface area (Å²) in [7, 11) is 0. The van der Waals surface area contributed by atoms with Crippen LogP contribution in [0, 0.1) is 17.0 Å². The zero-order valence-corrected chi connectivity index (χ0v) is 22.3. The van der Waals surface area contributed by atoms with Gasteiger partial charge in [0.1, 0.15) is 0 Å². The average molecular weight is 512 g/mol. The lowest BCUT2D eigenvalue weighted by Crippen LogP contribution is -2.13. The maximum atomic E-state index is 13.5. The van der Waals surface area contributed by atoms with Crippen LogP contribution < -0.4 is 4.84 Å². The largest absolute Gasteiger partial charge is 0.357 e. The lowest BCUT2D eigenvalue weighted by atomic mass is 9.98. The molecule has 0 aliphatic heterocycles. The second kappa shape index (κ2) is 11.9. The summed E-state index contributed by atoms with van der Waals surface area (Å²) < 4.78 is 2.16. The summed E-state index contributed by atoms with van der Waals surface area (Å²) >= 11 is 0. The minimum atomic E-state index is -0.416. The monoisotopic (exact) mass is 511 g/mol. The molecule has 196 valence electrons. The van der Waals surface area contributed by atoms with Crippen LogP contribution in [0.3, 0.4) is 0 Å². The number of carbonyl (C=O) groups excluding carboxylic acids is 1. The van der Waals surface area contributed by atoms with E-state index in [1.165, 1.54) is 23.3 Å². The maximum Gasteiger partial charge on any atom is 0.269 e. The van der Waals surface area contributed by atoms with Crippen molar-refractivity contribution >= 4 is 17.7 Å². The van der Waals surface area contributed by atoms with Gasteiger partial charge in [-0.15, -0.1) is 0 Å². The van der Waals surface area contributed by atoms with E-state index >= 15 is 0 Å². The highest BCUT2D eigenvalue weighted by atomic mass is 16.6. The normalized spacial score (nSPS) is 13.2. The van der Waals surface area contributed by atoms with Crippen LogP contribution in [0.15, 0.2) is 83.1 Å². The first-order chi connectivity index (χ1) is 18.2. The first-order valence-corrected chi connectivity index (χ1v) is 12.8. The van der Waals surface area contributed by atoms with E-state index in [4.69, 9.17) is 4.84 Å². The number of hydrogen-bond acceptors (Lipinski definition) is 5. The molecule has 0 fully saturated rings. The fraction of sp³-hybridized carbons (Fsp3) is 0.290. The maximum absolute atomic E-state index is 13.5. The Morgan fingerprint density at radius 1 is 1.13 bits per heavy atom. The summed E-state index contributed by atoms with van der Waals surface area (Å²) in [5, 5.41) is 15.4. The lowest BCUT2D eigenvalue weighted by molar-refractivity contribution is -0.384. The van der Waals surface area contributed by atoms with E-state index in [0.29, 0.717) is 24.3 Å². The number of oxime groups is 1. The minimum Gasteiger partial charge on any atom is -0.357 e. The van der Waals surface area contributed by atoms with Gasteiger partial charge in [0.05, 0.1) is 16.8 Å². The first-order valence-electron chi connectivity index (χ1n) is 12.8. The van der Waals surface area contributed by atoms with E-state index in [2.05, 4.69) is 42.6 Å². The number of non-ortho nitro benzene ring substituents is 1. The Morgan fingerprint density at radius 3 is 2.55 bits per heavy atom. The number of rotatable bonds is 11. The number of Topliss-reactive ketones (excluding diaryl/α,β-unsaturated/α-hetero) is 1. The summed E-state index contributed by atoms with van der Waals surface area (Å²) in [6.07, 6.45) is 7.53. The lowest BCUT2D eigenvalue weighted by Gasteiger charge is -2.17. The molecule has 0 N–H and O–H groups in total. The van der Waals surface area contributed by atoms with Gasteiger partial charge in [-0.3, -0.25) is 14.9 Å². The minimum absolute atomic E-state index is 0.00256. The Kier molecular flexibility index (Phi) is 8.36. The van der Waals surface area contributed by atoms with Crippen LogP contribution in [-0.4, -0.2) is 21.5 Å². The number of nitro groups is 1. The number of benzene rings is 2. The topological polar surface area (TPSA) is 86.7 Å². The summed E-state index contributed by atoms with van der Waals surface area (Å²) in [6, 6.07) is 16.0. The molecule has 7 nitrogen and oxygen atoms in total. The molecule has 1 aliphatic rings. The van der Waals surface area contributed by atoms with Gasteiger partial charge in [0, 0.05) is 36.4 Å². The molecule has 1 aliphatic carbocycles. The van der Waals surface area contributed by atoms with Crippen molar-refractivity contribution in [2.45, 2.75) is 59.4 Å². The van der Waals surface area contributed by atoms with Gasteiger partial charge in [-0.25, -0.2) is 0 Å². The Bertz CT molecular complexity index is 1430. The average Bonchev–Trinajstić information content (AvgIpc) is 3.47. The Hall–Kier alpha value is -4.26. The number of ketones is 1. The third-order valence-corrected chi connectivity index (χ3v) is 6.61. The van der Waals surface area contributed by atoms with Gasteiger partial charge < -0.3 is 9.40 Å². The van der Waals surface area contributed by atoms with Crippen molar-refractivity contribution < 1.29 is 14.6 Å². The Balaban J connectivity index is 1.61. The summed E-state index contributed by atoms with van der Waals surface area (Å²) in [6.45, 7) is 8.95. The highest BCUT2D eigenvalue weighted by Crippen LogP contribution is 2.29. The van der Waals surface area contributed by atoms with Crippen LogP contribution in [0.5, 0.6) is 5.75 Å². The van der Waals surface area contributed by atoms with Crippen LogP contribution >= 0.6 is 0 Å². The Morgan fingerprint density at radius 2 is 1.89 bits per heavy atom. The van der Waals surface area contributed by atoms with E-state index < -0.39 is 4.92 Å². The molecule has 0 unspecified atom stereocenters. The van der Waals surface area contributed by atoms with E-state index in [1.54, 1.807) is 12.3 Å². The fourth-order valence-electron chi connectivity index (χ4n) is 4.72. The standard InChI is InChI=1S/C31H33N3O4/c1-21(2)31-29(30(35)15-12-24-6-5-7-26(17-24)34(36)37)18-27(33(31)20-25-11-8-23(4)16-25)19-32-38-28-13-9-22(3)10-14-28/h5-11,13-14,17-19,21H,12,15-16,20H2,1-4H3/b32-19-. The van der Waals surface area contributed by atoms with Gasteiger partial charge in [-0.1, -0.05) is 66.6 Å². The number of hydrogen-bond donors (Lipinski definition) is 0. The molecule has 0 amide bonds. The number of allylic oxidation sites excluding steroid dienone is 4. The van der Waals surface area contributed by atoms with Crippen LogP contribution in [0.4, 0.5) is 5.69 Å². The van der Waals surface area contributed by atoms with Crippen LogP contribution in [-0.2, 0) is 13.0 Å². The summed E-state index contributed by atoms with van der Waals surface area (Å²) in [4.78, 5) is 29.8. The molecule has 7 heteroatoms. The molecule has 1 aromatic heterocycles. The zero-order chi connectivity index (χ0) is 27.2. The van der Waals surface area contributed by atoms with Crippen molar-refractivity contribution in [3.8, 4) is 5.75 Å². The molecule has 0 saturated heterocycles. The molecular formula is C31H33N3O4. The van der Waals surface area contributed by atoms with Crippen LogP contribution in [0.1, 0.15) is 72.4 Å². The molecule has 2 aromatic carbocycles. The van der Waals surface area contributed by atoms with Gasteiger partial charge in [-0.2, -0.15) is 0 Å². The highest BCUT2D eigenvalue weighted by Gasteiger charge is 2.23. The number of aryl methyl sites for hydroxylation is 2. The van der Waals surface area contributed by atoms with Gasteiger partial charge in [-0.05, 0) is 61.9 Å². The van der Waals surface area contributed by atoms with Crippen molar-refractivity contribution in [3.05, 3.63) is 116 Å². The summed E-state index contributed by atoms with van der Waals surface area (Å²) in [5.41, 5.74) is 6.92. The third-order valence-electron chi connectivity index (χ3n) is 6.61. The molecule has 38 heavy (non-hydrogen) atoms. The quantitative estimate of drug-likeness (QED) is 0.117. The summed E-state index contributed by atoms with van der Waals surface area (Å²) in [5.74, 6) is 0.742. The number of nitro benzene ring substituents is 1. The van der Waals surface area contributed by atoms with Crippen molar-refractivity contribution in [1.82, 2.24) is 4.57 Å². The molecule has 0 bridgehead atoms. The SMILES string of the molecule is CC1=CC=C(Cn2c(/C=N\Oc3ccc(C)cc3)cc(C(=O)CCc3cccc([N+](=O)[O-])c3)c2C(C)C)C1. The number of carbonyl (C=O) groups is 1. The predicted molar refractivity (Wildman–Crippen MR) is 150 cm³/mol. The molecule has 3 aromatic rings. The second-order valence-electron chi connectivity index (χ2n) is 10.1. The molecule has 0 spiro atoms. The molecule has 0 radical (unpaired) electrons. The van der Waals surface area contributed by atoms with Crippen LogP contribution in [0.2, 0.25) is 0 Å². The van der Waals surface area contributed by atoms with Gasteiger partial charge in [0.2, 0.25) is 0 Å². The van der Waals surface area contributed by atoms with Crippen molar-refractivity contribution in [2.24, 2.45) is 5.16 Å². The van der Waals surface area contributed by atoms with Crippen molar-refractivity contribution in [1.29, 1.82) is 0 Å².